The van der Waals surface area contributed by atoms with Crippen LogP contribution in [0.25, 0.3) is 11.3 Å². The Morgan fingerprint density at radius 1 is 1.29 bits per heavy atom. The van der Waals surface area contributed by atoms with Gasteiger partial charge in [-0.15, -0.1) is 0 Å². The number of hydrogen-bond donors (Lipinski definition) is 2. The van der Waals surface area contributed by atoms with Gasteiger partial charge >= 0.3 is 0 Å². The van der Waals surface area contributed by atoms with Gasteiger partial charge in [0.05, 0.1) is 5.69 Å². The summed E-state index contributed by atoms with van der Waals surface area (Å²) in [6, 6.07) is 6.63. The van der Waals surface area contributed by atoms with E-state index in [1.54, 1.807) is 12.1 Å². The highest BCUT2D eigenvalue weighted by atomic mass is 19.1. The minimum atomic E-state index is -0.227. The maximum absolute atomic E-state index is 12.9. The van der Waals surface area contributed by atoms with E-state index in [1.807, 2.05) is 0 Å². The molecular weight excluding hydrogens is 217 g/mol. The molecular formula is C13H14FN3. The molecule has 4 heteroatoms. The number of aromatic nitrogens is 2. The topological polar surface area (TPSA) is 54.7 Å². The molecule has 1 aliphatic carbocycles. The Bertz CT molecular complexity index is 530. The molecule has 1 unspecified atom stereocenters. The molecule has 88 valence electrons. The summed E-state index contributed by atoms with van der Waals surface area (Å²) < 4.78 is 12.9. The second-order valence-corrected chi connectivity index (χ2v) is 4.54. The van der Waals surface area contributed by atoms with Crippen LogP contribution >= 0.6 is 0 Å². The van der Waals surface area contributed by atoms with Crippen LogP contribution in [-0.2, 0) is 12.8 Å². The zero-order valence-corrected chi connectivity index (χ0v) is 9.41. The summed E-state index contributed by atoms with van der Waals surface area (Å²) in [5, 5.41) is 7.39. The zero-order chi connectivity index (χ0) is 11.8. The Morgan fingerprint density at radius 3 is 2.82 bits per heavy atom. The molecule has 1 aliphatic rings. The molecule has 17 heavy (non-hydrogen) atoms. The molecule has 1 aromatic carbocycles. The first-order chi connectivity index (χ1) is 8.24. The molecule has 0 aliphatic heterocycles. The highest BCUT2D eigenvalue weighted by Gasteiger charge is 2.21. The Hall–Kier alpha value is -1.68. The van der Waals surface area contributed by atoms with E-state index in [9.17, 15) is 4.39 Å². The van der Waals surface area contributed by atoms with Gasteiger partial charge in [-0.3, -0.25) is 5.10 Å². The Kier molecular flexibility index (Phi) is 2.44. The number of nitrogens with two attached hydrogens (primary N) is 1. The number of benzene rings is 1. The largest absolute Gasteiger partial charge is 0.327 e. The van der Waals surface area contributed by atoms with E-state index in [-0.39, 0.29) is 11.9 Å². The number of hydrogen-bond acceptors (Lipinski definition) is 2. The van der Waals surface area contributed by atoms with E-state index < -0.39 is 0 Å². The molecule has 0 fully saturated rings. The van der Waals surface area contributed by atoms with Crippen LogP contribution in [0.5, 0.6) is 0 Å². The Balaban J connectivity index is 2.04. The molecule has 2 aromatic rings. The van der Waals surface area contributed by atoms with E-state index in [0.29, 0.717) is 0 Å². The third kappa shape index (κ3) is 1.85. The first-order valence-corrected chi connectivity index (χ1v) is 5.81. The maximum Gasteiger partial charge on any atom is 0.123 e. The van der Waals surface area contributed by atoms with Crippen molar-refractivity contribution < 1.29 is 4.39 Å². The SMILES string of the molecule is NC1CCc2[nH]nc(-c3ccc(F)cc3)c2C1. The van der Waals surface area contributed by atoms with Crippen molar-refractivity contribution in [3.8, 4) is 11.3 Å². The standard InChI is InChI=1S/C13H14FN3/c14-9-3-1-8(2-4-9)13-11-7-10(15)5-6-12(11)16-17-13/h1-4,10H,5-7,15H2,(H,16,17). The number of H-pyrrole nitrogens is 1. The first kappa shape index (κ1) is 10.5. The third-order valence-corrected chi connectivity index (χ3v) is 3.30. The summed E-state index contributed by atoms with van der Waals surface area (Å²) in [7, 11) is 0. The normalized spacial score (nSPS) is 19.1. The molecule has 0 saturated heterocycles. The number of rotatable bonds is 1. The first-order valence-electron chi connectivity index (χ1n) is 5.81. The fourth-order valence-corrected chi connectivity index (χ4v) is 2.37. The Morgan fingerprint density at radius 2 is 2.06 bits per heavy atom. The lowest BCUT2D eigenvalue weighted by atomic mass is 9.90. The van der Waals surface area contributed by atoms with E-state index in [0.717, 1.165) is 30.5 Å². The molecule has 0 bridgehead atoms. The second-order valence-electron chi connectivity index (χ2n) is 4.54. The van der Waals surface area contributed by atoms with Gasteiger partial charge < -0.3 is 5.73 Å². The second kappa shape index (κ2) is 3.96. The molecule has 1 atom stereocenters. The molecule has 1 heterocycles. The summed E-state index contributed by atoms with van der Waals surface area (Å²) in [5.74, 6) is -0.227. The summed E-state index contributed by atoms with van der Waals surface area (Å²) in [4.78, 5) is 0. The van der Waals surface area contributed by atoms with Crippen LogP contribution in [0.1, 0.15) is 17.7 Å². The number of aryl methyl sites for hydroxylation is 1. The van der Waals surface area contributed by atoms with Crippen molar-refractivity contribution in [3.05, 3.63) is 41.3 Å². The lowest BCUT2D eigenvalue weighted by Gasteiger charge is -2.18. The fourth-order valence-electron chi connectivity index (χ4n) is 2.37. The molecule has 0 amide bonds. The third-order valence-electron chi connectivity index (χ3n) is 3.30. The van der Waals surface area contributed by atoms with Gasteiger partial charge in [0.15, 0.2) is 0 Å². The number of nitrogens with zero attached hydrogens (tertiary/aromatic N) is 1. The molecule has 0 radical (unpaired) electrons. The van der Waals surface area contributed by atoms with Crippen LogP contribution < -0.4 is 5.73 Å². The maximum atomic E-state index is 12.9. The summed E-state index contributed by atoms with van der Waals surface area (Å²) in [6.07, 6.45) is 2.79. The van der Waals surface area contributed by atoms with Crippen LogP contribution in [0.3, 0.4) is 0 Å². The number of aromatic amines is 1. The van der Waals surface area contributed by atoms with Gasteiger partial charge in [-0.05, 0) is 43.5 Å². The van der Waals surface area contributed by atoms with Crippen molar-refractivity contribution in [3.63, 3.8) is 0 Å². The molecule has 3 rings (SSSR count). The van der Waals surface area contributed by atoms with Crippen molar-refractivity contribution in [1.29, 1.82) is 0 Å². The van der Waals surface area contributed by atoms with Gasteiger partial charge in [0.25, 0.3) is 0 Å². The van der Waals surface area contributed by atoms with E-state index in [4.69, 9.17) is 5.73 Å². The average Bonchev–Trinajstić information content (AvgIpc) is 2.73. The lowest BCUT2D eigenvalue weighted by molar-refractivity contribution is 0.572. The van der Waals surface area contributed by atoms with E-state index in [1.165, 1.54) is 23.4 Å². The minimum absolute atomic E-state index is 0.208. The van der Waals surface area contributed by atoms with Crippen molar-refractivity contribution in [2.24, 2.45) is 5.73 Å². The molecule has 1 aromatic heterocycles. The fraction of sp³-hybridized carbons (Fsp3) is 0.308. The number of fused-ring (bicyclic) bond motifs is 1. The monoisotopic (exact) mass is 231 g/mol. The zero-order valence-electron chi connectivity index (χ0n) is 9.41. The van der Waals surface area contributed by atoms with E-state index >= 15 is 0 Å². The van der Waals surface area contributed by atoms with Crippen molar-refractivity contribution >= 4 is 0 Å². The van der Waals surface area contributed by atoms with E-state index in [2.05, 4.69) is 10.2 Å². The molecule has 0 saturated carbocycles. The minimum Gasteiger partial charge on any atom is -0.327 e. The lowest BCUT2D eigenvalue weighted by Crippen LogP contribution is -2.27. The van der Waals surface area contributed by atoms with Crippen molar-refractivity contribution in [2.45, 2.75) is 25.3 Å². The summed E-state index contributed by atoms with van der Waals surface area (Å²) >= 11 is 0. The van der Waals surface area contributed by atoms with Crippen LogP contribution in [0.4, 0.5) is 4.39 Å². The molecule has 3 N–H and O–H groups in total. The highest BCUT2D eigenvalue weighted by molar-refractivity contribution is 5.64. The predicted molar refractivity (Wildman–Crippen MR) is 64.0 cm³/mol. The quantitative estimate of drug-likeness (QED) is 0.789. The predicted octanol–water partition coefficient (Wildman–Crippen LogP) is 2.03. The van der Waals surface area contributed by atoms with Crippen LogP contribution in [0.2, 0.25) is 0 Å². The van der Waals surface area contributed by atoms with Crippen LogP contribution in [0, 0.1) is 5.82 Å². The van der Waals surface area contributed by atoms with Crippen molar-refractivity contribution in [2.75, 3.05) is 0 Å². The van der Waals surface area contributed by atoms with Gasteiger partial charge in [-0.2, -0.15) is 5.10 Å². The number of halogens is 1. The van der Waals surface area contributed by atoms with Gasteiger partial charge in [0.1, 0.15) is 5.82 Å². The van der Waals surface area contributed by atoms with Gasteiger partial charge in [-0.1, -0.05) is 0 Å². The summed E-state index contributed by atoms with van der Waals surface area (Å²) in [6.45, 7) is 0. The molecule has 3 nitrogen and oxygen atoms in total. The van der Waals surface area contributed by atoms with Crippen LogP contribution in [0.15, 0.2) is 24.3 Å². The summed E-state index contributed by atoms with van der Waals surface area (Å²) in [5.41, 5.74) is 10.2. The highest BCUT2D eigenvalue weighted by Crippen LogP contribution is 2.29. The van der Waals surface area contributed by atoms with Crippen molar-refractivity contribution in [1.82, 2.24) is 10.2 Å². The Labute approximate surface area is 98.8 Å². The average molecular weight is 231 g/mol. The van der Waals surface area contributed by atoms with Gasteiger partial charge in [0.2, 0.25) is 0 Å². The molecule has 0 spiro atoms. The van der Waals surface area contributed by atoms with Gasteiger partial charge in [-0.25, -0.2) is 4.39 Å². The number of nitrogens with one attached hydrogen (secondary N) is 1. The van der Waals surface area contributed by atoms with Crippen LogP contribution in [-0.4, -0.2) is 16.2 Å². The van der Waals surface area contributed by atoms with Gasteiger partial charge in [0, 0.05) is 22.9 Å². The smallest absolute Gasteiger partial charge is 0.123 e.